The van der Waals surface area contributed by atoms with Crippen LogP contribution in [-0.2, 0) is 9.53 Å². The Balaban J connectivity index is 1.36. The molecule has 0 bridgehead atoms. The van der Waals surface area contributed by atoms with E-state index in [0.29, 0.717) is 42.3 Å². The van der Waals surface area contributed by atoms with E-state index in [1.165, 1.54) is 0 Å². The Bertz CT molecular complexity index is 859. The normalized spacial score (nSPS) is 12.7. The quantitative estimate of drug-likeness (QED) is 0.348. The van der Waals surface area contributed by atoms with E-state index < -0.39 is 5.97 Å². The van der Waals surface area contributed by atoms with Crippen LogP contribution in [0, 0.1) is 0 Å². The molecule has 0 saturated heterocycles. The number of esters is 1. The van der Waals surface area contributed by atoms with E-state index in [4.69, 9.17) is 14.2 Å². The molecule has 2 aromatic rings. The number of amides is 2. The first-order valence-electron chi connectivity index (χ1n) is 9.57. The second-order valence-electron chi connectivity index (χ2n) is 6.36. The Labute approximate surface area is 169 Å². The Kier molecular flexibility index (Phi) is 6.84. The molecule has 2 aromatic carbocycles. The van der Waals surface area contributed by atoms with Crippen molar-refractivity contribution in [3.63, 3.8) is 0 Å². The molecule has 0 spiro atoms. The van der Waals surface area contributed by atoms with Gasteiger partial charge in [0.25, 0.3) is 11.8 Å². The smallest absolute Gasteiger partial charge is 0.305 e. The first-order valence-corrected chi connectivity index (χ1v) is 9.57. The first kappa shape index (κ1) is 20.4. The lowest BCUT2D eigenvalue weighted by molar-refractivity contribution is -0.144. The van der Waals surface area contributed by atoms with Gasteiger partial charge >= 0.3 is 5.97 Å². The van der Waals surface area contributed by atoms with Crippen molar-refractivity contribution in [1.29, 1.82) is 0 Å². The molecule has 1 aliphatic heterocycles. The molecule has 7 heteroatoms. The molecule has 7 nitrogen and oxygen atoms in total. The van der Waals surface area contributed by atoms with Gasteiger partial charge in [0.2, 0.25) is 0 Å². The number of carbonyl (C=O) groups is 3. The average molecular weight is 397 g/mol. The van der Waals surface area contributed by atoms with Crippen LogP contribution in [0.15, 0.2) is 48.5 Å². The van der Waals surface area contributed by atoms with Gasteiger partial charge in [0.05, 0.1) is 30.9 Å². The van der Waals surface area contributed by atoms with E-state index >= 15 is 0 Å². The highest BCUT2D eigenvalue weighted by molar-refractivity contribution is 6.21. The van der Waals surface area contributed by atoms with Gasteiger partial charge < -0.3 is 14.2 Å². The molecule has 1 heterocycles. The second kappa shape index (κ2) is 9.73. The molecule has 2 amide bonds. The van der Waals surface area contributed by atoms with Gasteiger partial charge in [0.1, 0.15) is 6.61 Å². The maximum atomic E-state index is 12.2. The molecule has 1 aliphatic rings. The van der Waals surface area contributed by atoms with Crippen molar-refractivity contribution in [3.05, 3.63) is 59.7 Å². The maximum absolute atomic E-state index is 12.2. The fourth-order valence-electron chi connectivity index (χ4n) is 3.01. The van der Waals surface area contributed by atoms with Crippen molar-refractivity contribution >= 4 is 17.8 Å². The van der Waals surface area contributed by atoms with E-state index in [-0.39, 0.29) is 31.4 Å². The van der Waals surface area contributed by atoms with Gasteiger partial charge in [-0.15, -0.1) is 0 Å². The Morgan fingerprint density at radius 3 is 2.07 bits per heavy atom. The minimum absolute atomic E-state index is 0.0294. The molecule has 0 N–H and O–H groups in total. The number of hydrogen-bond donors (Lipinski definition) is 0. The van der Waals surface area contributed by atoms with Crippen molar-refractivity contribution in [2.75, 3.05) is 26.4 Å². The van der Waals surface area contributed by atoms with E-state index in [0.717, 1.165) is 4.90 Å². The van der Waals surface area contributed by atoms with Crippen molar-refractivity contribution < 1.29 is 28.6 Å². The highest BCUT2D eigenvalue weighted by atomic mass is 16.5. The molecule has 0 fully saturated rings. The highest BCUT2D eigenvalue weighted by Gasteiger charge is 2.34. The Morgan fingerprint density at radius 2 is 1.45 bits per heavy atom. The number of hydrogen-bond acceptors (Lipinski definition) is 6. The summed E-state index contributed by atoms with van der Waals surface area (Å²) in [5, 5.41) is 0. The molecular weight excluding hydrogens is 374 g/mol. The molecule has 3 rings (SSSR count). The summed E-state index contributed by atoms with van der Waals surface area (Å²) < 4.78 is 16.3. The van der Waals surface area contributed by atoms with Crippen molar-refractivity contribution in [1.82, 2.24) is 4.90 Å². The van der Waals surface area contributed by atoms with E-state index in [1.807, 2.05) is 31.2 Å². The summed E-state index contributed by atoms with van der Waals surface area (Å²) in [6.07, 6.45) is 0.658. The van der Waals surface area contributed by atoms with E-state index in [9.17, 15) is 14.4 Å². The number of benzene rings is 2. The van der Waals surface area contributed by atoms with Crippen LogP contribution in [0.4, 0.5) is 0 Å². The summed E-state index contributed by atoms with van der Waals surface area (Å²) in [5.74, 6) is 0.182. The summed E-state index contributed by atoms with van der Waals surface area (Å²) >= 11 is 0. The van der Waals surface area contributed by atoms with E-state index in [2.05, 4.69) is 0 Å². The van der Waals surface area contributed by atoms with Crippen LogP contribution in [0.25, 0.3) is 0 Å². The van der Waals surface area contributed by atoms with Gasteiger partial charge in [-0.2, -0.15) is 0 Å². The van der Waals surface area contributed by atoms with Crippen LogP contribution in [0.2, 0.25) is 0 Å². The molecule has 0 unspecified atom stereocenters. The maximum Gasteiger partial charge on any atom is 0.305 e. The fraction of sp³-hybridized carbons (Fsp3) is 0.318. The Morgan fingerprint density at radius 1 is 0.862 bits per heavy atom. The van der Waals surface area contributed by atoms with Crippen LogP contribution in [0.1, 0.15) is 40.5 Å². The molecule has 29 heavy (non-hydrogen) atoms. The highest BCUT2D eigenvalue weighted by Crippen LogP contribution is 2.26. The lowest BCUT2D eigenvalue weighted by Gasteiger charge is -2.14. The first-order chi connectivity index (χ1) is 14.1. The van der Waals surface area contributed by atoms with Crippen LogP contribution in [0.3, 0.4) is 0 Å². The zero-order chi connectivity index (χ0) is 20.6. The van der Waals surface area contributed by atoms with Gasteiger partial charge in [-0.25, -0.2) is 0 Å². The lowest BCUT2D eigenvalue weighted by atomic mass is 10.1. The van der Waals surface area contributed by atoms with Gasteiger partial charge in [-0.3, -0.25) is 19.3 Å². The number of carbonyl (C=O) groups excluding carboxylic acids is 3. The number of imide groups is 1. The van der Waals surface area contributed by atoms with E-state index in [1.54, 1.807) is 24.3 Å². The molecular formula is C22H23NO6. The SMILES string of the molecule is CCOc1ccccc1OCCCC(=O)OCCN1C(=O)c2ccccc2C1=O. The number of para-hydroxylation sites is 2. The van der Waals surface area contributed by atoms with Gasteiger partial charge in [0, 0.05) is 6.42 Å². The minimum Gasteiger partial charge on any atom is -0.490 e. The van der Waals surface area contributed by atoms with Crippen molar-refractivity contribution in [2.24, 2.45) is 0 Å². The molecule has 0 radical (unpaired) electrons. The third kappa shape index (κ3) is 4.93. The number of rotatable bonds is 10. The predicted molar refractivity (Wildman–Crippen MR) is 105 cm³/mol. The summed E-state index contributed by atoms with van der Waals surface area (Å²) in [6.45, 7) is 2.79. The van der Waals surface area contributed by atoms with Crippen molar-refractivity contribution in [2.45, 2.75) is 19.8 Å². The molecule has 0 aromatic heterocycles. The third-order valence-electron chi connectivity index (χ3n) is 4.39. The molecule has 0 saturated carbocycles. The van der Waals surface area contributed by atoms with Crippen molar-refractivity contribution in [3.8, 4) is 11.5 Å². The zero-order valence-electron chi connectivity index (χ0n) is 16.3. The third-order valence-corrected chi connectivity index (χ3v) is 4.39. The Hall–Kier alpha value is -3.35. The lowest BCUT2D eigenvalue weighted by Crippen LogP contribution is -2.33. The standard InChI is InChI=1S/C22H23NO6/c1-2-27-18-10-5-6-11-19(18)28-14-7-12-20(24)29-15-13-23-21(25)16-8-3-4-9-17(16)22(23)26/h3-6,8-11H,2,7,12-15H2,1H3. The van der Waals surface area contributed by atoms with Crippen LogP contribution in [0.5, 0.6) is 11.5 Å². The number of ether oxygens (including phenoxy) is 3. The number of nitrogens with zero attached hydrogens (tertiary/aromatic N) is 1. The minimum atomic E-state index is -0.400. The largest absolute Gasteiger partial charge is 0.490 e. The summed E-state index contributed by atoms with van der Waals surface area (Å²) in [5.41, 5.74) is 0.765. The number of fused-ring (bicyclic) bond motifs is 1. The topological polar surface area (TPSA) is 82.1 Å². The average Bonchev–Trinajstić information content (AvgIpc) is 2.97. The van der Waals surface area contributed by atoms with Crippen LogP contribution < -0.4 is 9.47 Å². The molecule has 0 atom stereocenters. The summed E-state index contributed by atoms with van der Waals surface area (Å²) in [4.78, 5) is 37.5. The monoisotopic (exact) mass is 397 g/mol. The predicted octanol–water partition coefficient (Wildman–Crippen LogP) is 3.08. The zero-order valence-corrected chi connectivity index (χ0v) is 16.3. The summed E-state index contributed by atoms with van der Waals surface area (Å²) in [7, 11) is 0. The summed E-state index contributed by atoms with van der Waals surface area (Å²) in [6, 6.07) is 14.0. The van der Waals surface area contributed by atoms with Crippen LogP contribution in [-0.4, -0.2) is 49.0 Å². The molecule has 152 valence electrons. The second-order valence-corrected chi connectivity index (χ2v) is 6.36. The molecule has 0 aliphatic carbocycles. The van der Waals surface area contributed by atoms with Gasteiger partial charge in [0.15, 0.2) is 11.5 Å². The van der Waals surface area contributed by atoms with Gasteiger partial charge in [-0.1, -0.05) is 24.3 Å². The van der Waals surface area contributed by atoms with Gasteiger partial charge in [-0.05, 0) is 37.6 Å². The van der Waals surface area contributed by atoms with Crippen LogP contribution >= 0.6 is 0 Å². The fourth-order valence-corrected chi connectivity index (χ4v) is 3.01.